The number of hydrogen-bond acceptors (Lipinski definition) is 2. The van der Waals surface area contributed by atoms with Gasteiger partial charge in [-0.3, -0.25) is 0 Å². The van der Waals surface area contributed by atoms with E-state index >= 15 is 0 Å². The van der Waals surface area contributed by atoms with Gasteiger partial charge in [0.25, 0.3) is 0 Å². The van der Waals surface area contributed by atoms with Crippen LogP contribution in [0.3, 0.4) is 0 Å². The molecule has 0 aromatic heterocycles. The lowest BCUT2D eigenvalue weighted by Crippen LogP contribution is -2.40. The summed E-state index contributed by atoms with van der Waals surface area (Å²) in [5.41, 5.74) is 5.13. The second kappa shape index (κ2) is 10.3. The molecule has 0 fully saturated rings. The summed E-state index contributed by atoms with van der Waals surface area (Å²) in [4.78, 5) is 4.81. The van der Waals surface area contributed by atoms with Crippen molar-refractivity contribution in [2.24, 2.45) is 0 Å². The van der Waals surface area contributed by atoms with E-state index in [4.69, 9.17) is 23.8 Å². The largest absolute Gasteiger partial charge is 0.371 e. The smallest absolute Gasteiger partial charge is 0.173 e. The molecule has 3 rings (SSSR count). The number of benzene rings is 2. The molecule has 0 unspecified atom stereocenters. The minimum atomic E-state index is 0.349. The van der Waals surface area contributed by atoms with Crippen LogP contribution in [0.15, 0.2) is 42.5 Å². The Hall–Kier alpha value is -1.78. The van der Waals surface area contributed by atoms with Gasteiger partial charge in [-0.25, -0.2) is 0 Å². The molecule has 1 heterocycles. The molecule has 0 saturated heterocycles. The predicted molar refractivity (Wildman–Crippen MR) is 130 cm³/mol. The Morgan fingerprint density at radius 2 is 2.07 bits per heavy atom. The van der Waals surface area contributed by atoms with Gasteiger partial charge in [0.2, 0.25) is 0 Å². The number of rotatable bonds is 7. The quantitative estimate of drug-likeness (QED) is 0.506. The van der Waals surface area contributed by atoms with Crippen molar-refractivity contribution < 1.29 is 0 Å². The van der Waals surface area contributed by atoms with Crippen LogP contribution in [0.5, 0.6) is 0 Å². The topological polar surface area (TPSA) is 18.5 Å². The highest BCUT2D eigenvalue weighted by atomic mass is 35.5. The zero-order valence-electron chi connectivity index (χ0n) is 17.7. The minimum Gasteiger partial charge on any atom is -0.371 e. The monoisotopic (exact) mass is 429 g/mol. The summed E-state index contributed by atoms with van der Waals surface area (Å²) in [7, 11) is 0. The first kappa shape index (κ1) is 21.9. The molecule has 1 N–H and O–H groups in total. The van der Waals surface area contributed by atoms with Crippen molar-refractivity contribution in [3.8, 4) is 0 Å². The van der Waals surface area contributed by atoms with Crippen LogP contribution in [0.2, 0.25) is 5.02 Å². The van der Waals surface area contributed by atoms with Crippen molar-refractivity contribution in [2.75, 3.05) is 23.3 Å². The summed E-state index contributed by atoms with van der Waals surface area (Å²) in [5, 5.41) is 4.82. The molecule has 1 atom stereocenters. The Morgan fingerprint density at radius 1 is 1.24 bits per heavy atom. The molecular formula is C24H32ClN3S. The first-order valence-electron chi connectivity index (χ1n) is 10.7. The standard InChI is InChI=1S/C24H32ClN3S/c1-4-13-27-14-7-8-20-15-19(11-12-23(20)27)17-28(18(3)5-2)24(29)26-22-10-6-9-21(25)16-22/h6,9-12,15-16,18H,4-5,7-8,13-14,17H2,1-3H3,(H,26,29)/t18-/m0/s1. The molecule has 0 aliphatic carbocycles. The zero-order chi connectivity index (χ0) is 20.8. The number of aryl methyl sites for hydroxylation is 1. The lowest BCUT2D eigenvalue weighted by atomic mass is 9.98. The van der Waals surface area contributed by atoms with Crippen LogP contribution < -0.4 is 10.2 Å². The van der Waals surface area contributed by atoms with Gasteiger partial charge in [-0.15, -0.1) is 0 Å². The van der Waals surface area contributed by atoms with Crippen molar-refractivity contribution in [1.29, 1.82) is 0 Å². The molecule has 0 amide bonds. The van der Waals surface area contributed by atoms with Crippen LogP contribution in [-0.4, -0.2) is 29.1 Å². The molecule has 3 nitrogen and oxygen atoms in total. The fourth-order valence-corrected chi connectivity index (χ4v) is 4.49. The van der Waals surface area contributed by atoms with Gasteiger partial charge in [0, 0.05) is 42.1 Å². The van der Waals surface area contributed by atoms with Crippen LogP contribution in [0.25, 0.3) is 0 Å². The highest BCUT2D eigenvalue weighted by Crippen LogP contribution is 2.29. The first-order chi connectivity index (χ1) is 14.0. The highest BCUT2D eigenvalue weighted by Gasteiger charge is 2.20. The molecule has 0 spiro atoms. The number of anilines is 2. The Bertz CT molecular complexity index is 839. The van der Waals surface area contributed by atoms with Gasteiger partial charge in [0.05, 0.1) is 0 Å². The summed E-state index contributed by atoms with van der Waals surface area (Å²) in [5.74, 6) is 0. The van der Waals surface area contributed by atoms with E-state index in [1.807, 2.05) is 24.3 Å². The molecule has 1 aliphatic heterocycles. The molecule has 2 aromatic carbocycles. The van der Waals surface area contributed by atoms with Gasteiger partial charge >= 0.3 is 0 Å². The van der Waals surface area contributed by atoms with Crippen molar-refractivity contribution >= 4 is 40.3 Å². The highest BCUT2D eigenvalue weighted by molar-refractivity contribution is 7.80. The van der Waals surface area contributed by atoms with Crippen molar-refractivity contribution in [1.82, 2.24) is 4.90 Å². The Labute approximate surface area is 186 Å². The molecular weight excluding hydrogens is 398 g/mol. The van der Waals surface area contributed by atoms with Gasteiger partial charge in [0.15, 0.2) is 5.11 Å². The fraction of sp³-hybridized carbons (Fsp3) is 0.458. The first-order valence-corrected chi connectivity index (χ1v) is 11.5. The molecule has 5 heteroatoms. The van der Waals surface area contributed by atoms with Gasteiger partial charge < -0.3 is 15.1 Å². The van der Waals surface area contributed by atoms with E-state index in [0.717, 1.165) is 36.7 Å². The maximum atomic E-state index is 6.13. The molecule has 0 saturated carbocycles. The Balaban J connectivity index is 1.77. The van der Waals surface area contributed by atoms with Gasteiger partial charge in [-0.1, -0.05) is 43.6 Å². The van der Waals surface area contributed by atoms with Crippen LogP contribution >= 0.6 is 23.8 Å². The number of thiocarbonyl (C=S) groups is 1. The second-order valence-corrected chi connectivity index (χ2v) is 8.70. The molecule has 0 radical (unpaired) electrons. The summed E-state index contributed by atoms with van der Waals surface area (Å²) < 4.78 is 0. The lowest BCUT2D eigenvalue weighted by Gasteiger charge is -2.33. The van der Waals surface area contributed by atoms with E-state index in [1.165, 1.54) is 36.2 Å². The second-order valence-electron chi connectivity index (χ2n) is 7.88. The van der Waals surface area contributed by atoms with Gasteiger partial charge in [-0.2, -0.15) is 0 Å². The molecule has 1 aliphatic rings. The summed E-state index contributed by atoms with van der Waals surface area (Å²) >= 11 is 11.9. The SMILES string of the molecule is CCCN1CCCc2cc(CN(C(=S)Nc3cccc(Cl)c3)[C@@H](C)CC)ccc21. The minimum absolute atomic E-state index is 0.349. The van der Waals surface area contributed by atoms with E-state index in [0.29, 0.717) is 11.1 Å². The lowest BCUT2D eigenvalue weighted by molar-refractivity contribution is 0.319. The molecule has 156 valence electrons. The average molecular weight is 430 g/mol. The molecule has 0 bridgehead atoms. The van der Waals surface area contributed by atoms with E-state index in [2.05, 4.69) is 54.1 Å². The molecule has 2 aromatic rings. The van der Waals surface area contributed by atoms with Crippen LogP contribution in [-0.2, 0) is 13.0 Å². The zero-order valence-corrected chi connectivity index (χ0v) is 19.3. The van der Waals surface area contributed by atoms with Crippen LogP contribution in [0, 0.1) is 0 Å². The third kappa shape index (κ3) is 5.64. The Morgan fingerprint density at radius 3 is 2.79 bits per heavy atom. The fourth-order valence-electron chi connectivity index (χ4n) is 3.94. The van der Waals surface area contributed by atoms with Crippen molar-refractivity contribution in [3.63, 3.8) is 0 Å². The predicted octanol–water partition coefficient (Wildman–Crippen LogP) is 6.50. The average Bonchev–Trinajstić information content (AvgIpc) is 2.71. The third-order valence-corrected chi connectivity index (χ3v) is 6.24. The van der Waals surface area contributed by atoms with Gasteiger partial charge in [0.1, 0.15) is 0 Å². The normalized spacial score (nSPS) is 14.3. The third-order valence-electron chi connectivity index (χ3n) is 5.66. The number of nitrogens with one attached hydrogen (secondary N) is 1. The Kier molecular flexibility index (Phi) is 7.79. The maximum absolute atomic E-state index is 6.13. The number of hydrogen-bond donors (Lipinski definition) is 1. The summed E-state index contributed by atoms with van der Waals surface area (Å²) in [6.45, 7) is 9.80. The van der Waals surface area contributed by atoms with Crippen LogP contribution in [0.1, 0.15) is 51.2 Å². The molecule has 29 heavy (non-hydrogen) atoms. The number of halogens is 1. The van der Waals surface area contributed by atoms with E-state index < -0.39 is 0 Å². The number of fused-ring (bicyclic) bond motifs is 1. The maximum Gasteiger partial charge on any atom is 0.173 e. The summed E-state index contributed by atoms with van der Waals surface area (Å²) in [6, 6.07) is 15.0. The summed E-state index contributed by atoms with van der Waals surface area (Å²) in [6.07, 6.45) is 4.62. The van der Waals surface area contributed by atoms with E-state index in [1.54, 1.807) is 0 Å². The van der Waals surface area contributed by atoms with Crippen molar-refractivity contribution in [3.05, 3.63) is 58.6 Å². The van der Waals surface area contributed by atoms with Crippen LogP contribution in [0.4, 0.5) is 11.4 Å². The van der Waals surface area contributed by atoms with Gasteiger partial charge in [-0.05, 0) is 80.2 Å². The van der Waals surface area contributed by atoms with E-state index in [9.17, 15) is 0 Å². The number of nitrogens with zero attached hydrogens (tertiary/aromatic N) is 2. The van der Waals surface area contributed by atoms with E-state index in [-0.39, 0.29) is 0 Å². The van der Waals surface area contributed by atoms with Crippen molar-refractivity contribution in [2.45, 2.75) is 59.0 Å².